The summed E-state index contributed by atoms with van der Waals surface area (Å²) in [5.74, 6) is 1.37. The minimum atomic E-state index is 0.0156. The minimum Gasteiger partial charge on any atom is -0.359 e. The molecule has 0 aromatic heterocycles. The number of hydrogen-bond acceptors (Lipinski definition) is 3. The molecule has 0 radical (unpaired) electrons. The standard InChI is InChI=1S/C19H35N5O2/c1-3-21-19(22-14-18(26)23-16-7-5-4-6-8-16)24-11-9-15(10-12-24)13-17(25)20-2/h15-16H,3-14H2,1-2H3,(H,20,25)(H,21,22)(H,23,26). The van der Waals surface area contributed by atoms with Gasteiger partial charge in [-0.25, -0.2) is 4.99 Å². The molecular formula is C19H35N5O2. The highest BCUT2D eigenvalue weighted by molar-refractivity contribution is 5.85. The van der Waals surface area contributed by atoms with Crippen LogP contribution in [0.3, 0.4) is 0 Å². The van der Waals surface area contributed by atoms with E-state index in [0.29, 0.717) is 18.4 Å². The number of nitrogens with zero attached hydrogens (tertiary/aromatic N) is 2. The molecule has 7 heteroatoms. The summed E-state index contributed by atoms with van der Waals surface area (Å²) < 4.78 is 0. The van der Waals surface area contributed by atoms with Gasteiger partial charge in [0.2, 0.25) is 11.8 Å². The Bertz CT molecular complexity index is 480. The summed E-state index contributed by atoms with van der Waals surface area (Å²) in [4.78, 5) is 30.5. The van der Waals surface area contributed by atoms with Crippen LogP contribution >= 0.6 is 0 Å². The predicted octanol–water partition coefficient (Wildman–Crippen LogP) is 1.25. The topological polar surface area (TPSA) is 85.8 Å². The van der Waals surface area contributed by atoms with E-state index in [4.69, 9.17) is 0 Å². The van der Waals surface area contributed by atoms with Crippen molar-refractivity contribution < 1.29 is 9.59 Å². The summed E-state index contributed by atoms with van der Waals surface area (Å²) in [5.41, 5.74) is 0. The lowest BCUT2D eigenvalue weighted by Crippen LogP contribution is -2.46. The molecule has 1 saturated carbocycles. The predicted molar refractivity (Wildman–Crippen MR) is 104 cm³/mol. The van der Waals surface area contributed by atoms with E-state index in [9.17, 15) is 9.59 Å². The Morgan fingerprint density at radius 1 is 1.04 bits per heavy atom. The second-order valence-corrected chi connectivity index (χ2v) is 7.38. The van der Waals surface area contributed by atoms with Gasteiger partial charge in [0.15, 0.2) is 5.96 Å². The Labute approximate surface area is 157 Å². The molecule has 0 bridgehead atoms. The number of likely N-dealkylation sites (tertiary alicyclic amines) is 1. The first-order valence-corrected chi connectivity index (χ1v) is 10.2. The fourth-order valence-corrected chi connectivity index (χ4v) is 3.81. The van der Waals surface area contributed by atoms with Gasteiger partial charge in [-0.05, 0) is 38.5 Å². The molecule has 1 saturated heterocycles. The Morgan fingerprint density at radius 3 is 2.35 bits per heavy atom. The van der Waals surface area contributed by atoms with E-state index in [1.54, 1.807) is 7.05 Å². The Balaban J connectivity index is 1.80. The molecule has 0 unspecified atom stereocenters. The first-order chi connectivity index (χ1) is 12.6. The molecule has 0 aromatic rings. The zero-order chi connectivity index (χ0) is 18.8. The van der Waals surface area contributed by atoms with E-state index in [1.807, 2.05) is 6.92 Å². The van der Waals surface area contributed by atoms with Crippen molar-refractivity contribution in [3.63, 3.8) is 0 Å². The van der Waals surface area contributed by atoms with Crippen LogP contribution in [0.2, 0.25) is 0 Å². The molecule has 2 fully saturated rings. The molecule has 1 aliphatic heterocycles. The van der Waals surface area contributed by atoms with Gasteiger partial charge >= 0.3 is 0 Å². The molecule has 0 spiro atoms. The molecule has 26 heavy (non-hydrogen) atoms. The first kappa shape index (κ1) is 20.5. The van der Waals surface area contributed by atoms with Crippen molar-refractivity contribution in [1.29, 1.82) is 0 Å². The third-order valence-corrected chi connectivity index (χ3v) is 5.34. The largest absolute Gasteiger partial charge is 0.359 e. The lowest BCUT2D eigenvalue weighted by atomic mass is 9.93. The fraction of sp³-hybridized carbons (Fsp3) is 0.842. The molecule has 2 rings (SSSR count). The van der Waals surface area contributed by atoms with Crippen LogP contribution in [0.1, 0.15) is 58.3 Å². The molecule has 148 valence electrons. The number of carbonyl (C=O) groups is 2. The van der Waals surface area contributed by atoms with E-state index in [0.717, 1.165) is 51.3 Å². The number of piperidine rings is 1. The van der Waals surface area contributed by atoms with Crippen molar-refractivity contribution in [2.75, 3.05) is 33.2 Å². The minimum absolute atomic E-state index is 0.0156. The van der Waals surface area contributed by atoms with Gasteiger partial charge in [-0.2, -0.15) is 0 Å². The smallest absolute Gasteiger partial charge is 0.242 e. The average molecular weight is 366 g/mol. The van der Waals surface area contributed by atoms with Crippen LogP contribution in [-0.4, -0.2) is 61.9 Å². The van der Waals surface area contributed by atoms with Crippen molar-refractivity contribution >= 4 is 17.8 Å². The van der Waals surface area contributed by atoms with Crippen molar-refractivity contribution in [2.45, 2.75) is 64.3 Å². The summed E-state index contributed by atoms with van der Waals surface area (Å²) in [6.07, 6.45) is 8.44. The number of carbonyl (C=O) groups excluding carboxylic acids is 2. The van der Waals surface area contributed by atoms with Gasteiger partial charge in [-0.15, -0.1) is 0 Å². The van der Waals surface area contributed by atoms with Crippen LogP contribution in [0.25, 0.3) is 0 Å². The third-order valence-electron chi connectivity index (χ3n) is 5.34. The van der Waals surface area contributed by atoms with Gasteiger partial charge in [0.05, 0.1) is 0 Å². The second kappa shape index (κ2) is 11.0. The number of guanidine groups is 1. The van der Waals surface area contributed by atoms with Crippen LogP contribution in [0.5, 0.6) is 0 Å². The van der Waals surface area contributed by atoms with Gasteiger partial charge < -0.3 is 20.9 Å². The number of nitrogens with one attached hydrogen (secondary N) is 3. The van der Waals surface area contributed by atoms with Gasteiger partial charge in [0, 0.05) is 39.1 Å². The maximum Gasteiger partial charge on any atom is 0.242 e. The summed E-state index contributed by atoms with van der Waals surface area (Å²) in [7, 11) is 1.69. The number of hydrogen-bond donors (Lipinski definition) is 3. The molecule has 3 N–H and O–H groups in total. The third kappa shape index (κ3) is 6.84. The molecular weight excluding hydrogens is 330 g/mol. The Morgan fingerprint density at radius 2 is 1.73 bits per heavy atom. The Hall–Kier alpha value is -1.79. The monoisotopic (exact) mass is 365 g/mol. The van der Waals surface area contributed by atoms with E-state index in [1.165, 1.54) is 19.3 Å². The number of amides is 2. The van der Waals surface area contributed by atoms with Gasteiger partial charge in [0.25, 0.3) is 0 Å². The molecule has 1 heterocycles. The maximum absolute atomic E-state index is 12.2. The molecule has 2 aliphatic rings. The summed E-state index contributed by atoms with van der Waals surface area (Å²) in [6.45, 7) is 4.74. The Kier molecular flexibility index (Phi) is 8.71. The van der Waals surface area contributed by atoms with E-state index in [-0.39, 0.29) is 18.4 Å². The van der Waals surface area contributed by atoms with E-state index < -0.39 is 0 Å². The quantitative estimate of drug-likeness (QED) is 0.488. The van der Waals surface area contributed by atoms with Crippen molar-refractivity contribution in [3.05, 3.63) is 0 Å². The average Bonchev–Trinajstić information content (AvgIpc) is 2.66. The van der Waals surface area contributed by atoms with Crippen LogP contribution < -0.4 is 16.0 Å². The van der Waals surface area contributed by atoms with Crippen molar-refractivity contribution in [1.82, 2.24) is 20.9 Å². The SMILES string of the molecule is CCNC(=NCC(=O)NC1CCCCC1)N1CCC(CC(=O)NC)CC1. The number of aliphatic imine (C=N–C) groups is 1. The van der Waals surface area contributed by atoms with Gasteiger partial charge in [-0.1, -0.05) is 19.3 Å². The first-order valence-electron chi connectivity index (χ1n) is 10.2. The maximum atomic E-state index is 12.2. The zero-order valence-electron chi connectivity index (χ0n) is 16.4. The molecule has 7 nitrogen and oxygen atoms in total. The molecule has 0 aromatic carbocycles. The van der Waals surface area contributed by atoms with Crippen molar-refractivity contribution in [3.8, 4) is 0 Å². The van der Waals surface area contributed by atoms with E-state index >= 15 is 0 Å². The highest BCUT2D eigenvalue weighted by Gasteiger charge is 2.23. The van der Waals surface area contributed by atoms with Gasteiger partial charge in [0.1, 0.15) is 6.54 Å². The van der Waals surface area contributed by atoms with Crippen LogP contribution in [-0.2, 0) is 9.59 Å². The molecule has 1 aliphatic carbocycles. The van der Waals surface area contributed by atoms with Crippen LogP contribution in [0, 0.1) is 5.92 Å². The van der Waals surface area contributed by atoms with E-state index in [2.05, 4.69) is 25.8 Å². The summed E-state index contributed by atoms with van der Waals surface area (Å²) >= 11 is 0. The lowest BCUT2D eigenvalue weighted by Gasteiger charge is -2.34. The highest BCUT2D eigenvalue weighted by atomic mass is 16.2. The van der Waals surface area contributed by atoms with Crippen LogP contribution in [0.4, 0.5) is 0 Å². The summed E-state index contributed by atoms with van der Waals surface area (Å²) in [6, 6.07) is 0.328. The normalized spacial score (nSPS) is 19.9. The number of rotatable bonds is 6. The van der Waals surface area contributed by atoms with Gasteiger partial charge in [-0.3, -0.25) is 9.59 Å². The lowest BCUT2D eigenvalue weighted by molar-refractivity contribution is -0.122. The summed E-state index contributed by atoms with van der Waals surface area (Å²) in [5, 5.41) is 9.11. The molecule has 0 atom stereocenters. The zero-order valence-corrected chi connectivity index (χ0v) is 16.4. The van der Waals surface area contributed by atoms with Crippen molar-refractivity contribution in [2.24, 2.45) is 10.9 Å². The van der Waals surface area contributed by atoms with Crippen LogP contribution in [0.15, 0.2) is 4.99 Å². The second-order valence-electron chi connectivity index (χ2n) is 7.38. The fourth-order valence-electron chi connectivity index (χ4n) is 3.81. The highest BCUT2D eigenvalue weighted by Crippen LogP contribution is 2.20. The molecule has 2 amide bonds.